The molecule has 3 aliphatic rings. The fraction of sp³-hybridized carbons (Fsp3) is 0.0270. The molecule has 0 radical (unpaired) electrons. The molecule has 0 spiro atoms. The quantitative estimate of drug-likeness (QED) is 0.158. The summed E-state index contributed by atoms with van der Waals surface area (Å²) in [5.74, 6) is 3.81. The lowest BCUT2D eigenvalue weighted by molar-refractivity contribution is 0.492. The molecule has 0 aliphatic heterocycles. The van der Waals surface area contributed by atoms with Gasteiger partial charge in [-0.3, -0.25) is 0 Å². The van der Waals surface area contributed by atoms with Gasteiger partial charge in [-0.1, -0.05) is 243 Å². The van der Waals surface area contributed by atoms with E-state index in [1.54, 1.807) is 0 Å². The van der Waals surface area contributed by atoms with Crippen LogP contribution in [0.1, 0.15) is 33.4 Å². The Balaban J connectivity index is 0.935. The van der Waals surface area contributed by atoms with E-state index in [-0.39, 0.29) is 0 Å². The average molecular weight is 1030 g/mol. The SMILES string of the molecule is c1ccc(-c2nc(-c3ccccc3)nc(-c3ccc4c5c(cccc35)C35c6cccc7c(-c8nc(-c9ccccc9)nc(-c9ccccc9)n8)ccc(c67)C43c3ccc(-n4c6ccccc6c6ccccc64)c4cccc5c34)n2)cc1. The van der Waals surface area contributed by atoms with Crippen LogP contribution in [0.2, 0.25) is 0 Å². The number of aromatic nitrogens is 7. The van der Waals surface area contributed by atoms with E-state index >= 15 is 0 Å². The molecule has 12 aromatic carbocycles. The summed E-state index contributed by atoms with van der Waals surface area (Å²) >= 11 is 0. The van der Waals surface area contributed by atoms with E-state index in [4.69, 9.17) is 29.9 Å². The van der Waals surface area contributed by atoms with E-state index in [1.165, 1.54) is 76.7 Å². The Morgan fingerprint density at radius 1 is 0.222 bits per heavy atom. The minimum absolute atomic E-state index is 0.634. The van der Waals surface area contributed by atoms with E-state index in [2.05, 4.69) is 193 Å². The van der Waals surface area contributed by atoms with Crippen molar-refractivity contribution in [2.24, 2.45) is 0 Å². The van der Waals surface area contributed by atoms with Crippen LogP contribution in [-0.2, 0) is 10.8 Å². The van der Waals surface area contributed by atoms with Crippen molar-refractivity contribution in [3.63, 3.8) is 0 Å². The zero-order valence-electron chi connectivity index (χ0n) is 43.5. The summed E-state index contributed by atoms with van der Waals surface area (Å²) in [6, 6.07) is 93.8. The molecule has 81 heavy (non-hydrogen) atoms. The molecule has 7 nitrogen and oxygen atoms in total. The monoisotopic (exact) mass is 1030 g/mol. The maximum absolute atomic E-state index is 5.33. The van der Waals surface area contributed by atoms with E-state index in [0.717, 1.165) is 49.8 Å². The molecule has 374 valence electrons. The fourth-order valence-corrected chi connectivity index (χ4v) is 14.8. The van der Waals surface area contributed by atoms with E-state index < -0.39 is 10.8 Å². The molecule has 0 amide bonds. The predicted molar refractivity (Wildman–Crippen MR) is 325 cm³/mol. The standard InChI is InChI=1S/C74H43N7/c1-5-20-44(21-6-1)67-75-68(45-22-7-2-8-23-45)78-71(77-67)52-38-40-58-64-50(52)30-17-33-55(64)73-56-34-18-31-51-53(72-79-69(46-24-9-3-10-25-46)76-70(80-72)47-26-11-4-12-27-47)39-41-59(65(51)56)74(58,73)60-42-43-63(54-32-19-35-57(73)66(54)60)81-61-36-15-13-28-48(61)49-29-14-16-37-62(49)81/h1-43H. The Labute approximate surface area is 465 Å². The van der Waals surface area contributed by atoms with E-state index in [1.807, 2.05) is 72.8 Å². The van der Waals surface area contributed by atoms with Crippen molar-refractivity contribution in [3.8, 4) is 74.0 Å². The first-order valence-corrected chi connectivity index (χ1v) is 27.6. The molecule has 15 aromatic rings. The highest BCUT2D eigenvalue weighted by Gasteiger charge is 2.70. The van der Waals surface area contributed by atoms with Crippen LogP contribution in [0.5, 0.6) is 0 Å². The van der Waals surface area contributed by atoms with Crippen LogP contribution in [0.3, 0.4) is 0 Å². The molecule has 3 aromatic heterocycles. The molecule has 18 rings (SSSR count). The minimum Gasteiger partial charge on any atom is -0.309 e. The zero-order chi connectivity index (χ0) is 53.0. The van der Waals surface area contributed by atoms with Crippen molar-refractivity contribution in [1.29, 1.82) is 0 Å². The van der Waals surface area contributed by atoms with E-state index in [0.29, 0.717) is 34.9 Å². The van der Waals surface area contributed by atoms with Crippen molar-refractivity contribution in [3.05, 3.63) is 294 Å². The Kier molecular flexibility index (Phi) is 8.96. The van der Waals surface area contributed by atoms with Crippen LogP contribution in [0, 0.1) is 0 Å². The lowest BCUT2D eigenvalue weighted by atomic mass is 9.59. The second-order valence-electron chi connectivity index (χ2n) is 21.6. The van der Waals surface area contributed by atoms with Gasteiger partial charge in [0.1, 0.15) is 0 Å². The zero-order valence-corrected chi connectivity index (χ0v) is 43.5. The highest BCUT2D eigenvalue weighted by Crippen LogP contribution is 2.76. The van der Waals surface area contributed by atoms with Crippen molar-refractivity contribution in [2.75, 3.05) is 0 Å². The van der Waals surface area contributed by atoms with Crippen LogP contribution in [0.25, 0.3) is 128 Å². The number of benzene rings is 12. The van der Waals surface area contributed by atoms with Crippen molar-refractivity contribution in [2.45, 2.75) is 10.8 Å². The highest BCUT2D eigenvalue weighted by atomic mass is 15.0. The van der Waals surface area contributed by atoms with Gasteiger partial charge in [-0.2, -0.15) is 0 Å². The molecular formula is C74H43N7. The van der Waals surface area contributed by atoms with Gasteiger partial charge in [-0.05, 0) is 78.5 Å². The number of hydrogen-bond donors (Lipinski definition) is 0. The summed E-state index contributed by atoms with van der Waals surface area (Å²) in [5, 5.41) is 9.68. The Morgan fingerprint density at radius 2 is 0.519 bits per heavy atom. The van der Waals surface area contributed by atoms with Crippen LogP contribution in [-0.4, -0.2) is 34.5 Å². The van der Waals surface area contributed by atoms with Gasteiger partial charge >= 0.3 is 0 Å². The second-order valence-corrected chi connectivity index (χ2v) is 21.6. The first kappa shape index (κ1) is 44.2. The van der Waals surface area contributed by atoms with Gasteiger partial charge in [0.2, 0.25) is 0 Å². The molecule has 3 heterocycles. The fourth-order valence-electron chi connectivity index (χ4n) is 14.8. The maximum atomic E-state index is 5.33. The topological polar surface area (TPSA) is 82.3 Å². The van der Waals surface area contributed by atoms with Crippen LogP contribution in [0.15, 0.2) is 261 Å². The lowest BCUT2D eigenvalue weighted by Gasteiger charge is -2.40. The summed E-state index contributed by atoms with van der Waals surface area (Å²) in [6.07, 6.45) is 0. The minimum atomic E-state index is -0.692. The van der Waals surface area contributed by atoms with Crippen LogP contribution in [0.4, 0.5) is 0 Å². The normalized spacial score (nSPS) is 16.2. The largest absolute Gasteiger partial charge is 0.309 e. The molecular weight excluding hydrogens is 987 g/mol. The highest BCUT2D eigenvalue weighted by molar-refractivity contribution is 6.18. The van der Waals surface area contributed by atoms with Crippen molar-refractivity contribution in [1.82, 2.24) is 34.5 Å². The molecule has 0 fully saturated rings. The number of hydrogen-bond acceptors (Lipinski definition) is 6. The molecule has 0 bridgehead atoms. The van der Waals surface area contributed by atoms with E-state index in [9.17, 15) is 0 Å². The third kappa shape index (κ3) is 5.75. The van der Waals surface area contributed by atoms with Crippen molar-refractivity contribution >= 4 is 54.1 Å². The Hall–Kier alpha value is -10.8. The van der Waals surface area contributed by atoms with Gasteiger partial charge in [0, 0.05) is 49.5 Å². The average Bonchev–Trinajstić information content (AvgIpc) is 1.96. The van der Waals surface area contributed by atoms with Gasteiger partial charge in [0.15, 0.2) is 34.9 Å². The molecule has 0 N–H and O–H groups in total. The maximum Gasteiger partial charge on any atom is 0.164 e. The summed E-state index contributed by atoms with van der Waals surface area (Å²) in [7, 11) is 0. The van der Waals surface area contributed by atoms with Crippen molar-refractivity contribution < 1.29 is 0 Å². The predicted octanol–water partition coefficient (Wildman–Crippen LogP) is 16.9. The first-order chi connectivity index (χ1) is 40.2. The van der Waals surface area contributed by atoms with Gasteiger partial charge < -0.3 is 4.57 Å². The van der Waals surface area contributed by atoms with Gasteiger partial charge in [0.25, 0.3) is 0 Å². The number of para-hydroxylation sites is 2. The van der Waals surface area contributed by atoms with Gasteiger partial charge in [-0.25, -0.2) is 29.9 Å². The van der Waals surface area contributed by atoms with Gasteiger partial charge in [-0.15, -0.1) is 0 Å². The third-order valence-corrected chi connectivity index (χ3v) is 17.8. The van der Waals surface area contributed by atoms with Crippen LogP contribution < -0.4 is 0 Å². The number of nitrogens with zero attached hydrogens (tertiary/aromatic N) is 7. The Bertz CT molecular complexity index is 4750. The van der Waals surface area contributed by atoms with Crippen LogP contribution >= 0.6 is 0 Å². The second kappa shape index (κ2) is 16.4. The van der Waals surface area contributed by atoms with Gasteiger partial charge in [0.05, 0.1) is 27.6 Å². The lowest BCUT2D eigenvalue weighted by Crippen LogP contribution is -2.42. The summed E-state index contributed by atoms with van der Waals surface area (Å²) in [6.45, 7) is 0. The molecule has 0 unspecified atom stereocenters. The third-order valence-electron chi connectivity index (χ3n) is 17.8. The number of rotatable bonds is 7. The molecule has 0 saturated heterocycles. The number of fused-ring (bicyclic) bond motifs is 3. The molecule has 7 heteroatoms. The Morgan fingerprint density at radius 3 is 0.914 bits per heavy atom. The molecule has 0 atom stereocenters. The summed E-state index contributed by atoms with van der Waals surface area (Å²) in [4.78, 5) is 31.5. The first-order valence-electron chi connectivity index (χ1n) is 27.6. The smallest absolute Gasteiger partial charge is 0.164 e. The molecule has 0 saturated carbocycles. The summed E-state index contributed by atoms with van der Waals surface area (Å²) < 4.78 is 2.49. The molecule has 3 aliphatic carbocycles. The summed E-state index contributed by atoms with van der Waals surface area (Å²) in [5.41, 5.74) is 15.5.